The number of hydrogen-bond donors (Lipinski definition) is 1. The second kappa shape index (κ2) is 6.60. The molecule has 6 heteroatoms. The molecule has 0 aliphatic heterocycles. The van der Waals surface area contributed by atoms with Crippen LogP contribution in [0.2, 0.25) is 5.02 Å². The highest BCUT2D eigenvalue weighted by Crippen LogP contribution is 2.34. The van der Waals surface area contributed by atoms with Gasteiger partial charge < -0.3 is 5.32 Å². The molecule has 20 heavy (non-hydrogen) atoms. The molecule has 0 saturated carbocycles. The normalized spacial score (nSPS) is 10.3. The lowest BCUT2D eigenvalue weighted by molar-refractivity contribution is 0.252. The van der Waals surface area contributed by atoms with Crippen LogP contribution in [0.4, 0.5) is 20.2 Å². The van der Waals surface area contributed by atoms with Crippen molar-refractivity contribution < 1.29 is 8.78 Å². The summed E-state index contributed by atoms with van der Waals surface area (Å²) in [6, 6.07) is 13.5. The summed E-state index contributed by atoms with van der Waals surface area (Å²) in [5.41, 5.74) is 1.39. The molecule has 0 unspecified atom stereocenters. The second-order valence-electron chi connectivity index (χ2n) is 3.80. The number of anilines is 2. The molecule has 102 valence electrons. The van der Waals surface area contributed by atoms with E-state index in [-0.39, 0.29) is 0 Å². The Kier molecular flexibility index (Phi) is 4.83. The summed E-state index contributed by atoms with van der Waals surface area (Å²) in [5.74, 6) is -2.51. The van der Waals surface area contributed by atoms with Crippen LogP contribution in [-0.2, 0) is 0 Å². The average molecular weight is 311 g/mol. The fraction of sp³-hybridized carbons (Fsp3) is 0.0714. The molecule has 0 bridgehead atoms. The molecule has 0 atom stereocenters. The largest absolute Gasteiger partial charge is 0.353 e. The Bertz CT molecular complexity index is 656. The first-order valence-corrected chi connectivity index (χ1v) is 6.86. The van der Waals surface area contributed by atoms with Crippen LogP contribution in [0.25, 0.3) is 0 Å². The van der Waals surface area contributed by atoms with Crippen molar-refractivity contribution in [3.05, 3.63) is 53.1 Å². The Balaban J connectivity index is 2.35. The van der Waals surface area contributed by atoms with Gasteiger partial charge in [-0.25, -0.2) is 0 Å². The van der Waals surface area contributed by atoms with Crippen molar-refractivity contribution in [1.82, 2.24) is 0 Å². The van der Waals surface area contributed by atoms with Crippen LogP contribution in [0.15, 0.2) is 47.4 Å². The summed E-state index contributed by atoms with van der Waals surface area (Å²) in [6.45, 7) is 0. The number of para-hydroxylation sites is 1. The average Bonchev–Trinajstić information content (AvgIpc) is 2.41. The van der Waals surface area contributed by atoms with E-state index < -0.39 is 5.76 Å². The quantitative estimate of drug-likeness (QED) is 0.781. The summed E-state index contributed by atoms with van der Waals surface area (Å²) in [4.78, 5) is 0.409. The minimum Gasteiger partial charge on any atom is -0.353 e. The lowest BCUT2D eigenvalue weighted by atomic mass is 10.2. The molecule has 0 spiro atoms. The number of halogens is 3. The molecule has 1 N–H and O–H groups in total. The number of hydrogen-bond acceptors (Lipinski definition) is 3. The zero-order valence-electron chi connectivity index (χ0n) is 10.1. The highest BCUT2D eigenvalue weighted by atomic mass is 35.5. The predicted octanol–water partition coefficient (Wildman–Crippen LogP) is 5.27. The fourth-order valence-corrected chi connectivity index (χ4v) is 2.40. The van der Waals surface area contributed by atoms with E-state index in [0.717, 1.165) is 0 Å². The van der Waals surface area contributed by atoms with Gasteiger partial charge in [0.2, 0.25) is 0 Å². The van der Waals surface area contributed by atoms with E-state index >= 15 is 0 Å². The zero-order valence-corrected chi connectivity index (χ0v) is 11.7. The van der Waals surface area contributed by atoms with Gasteiger partial charge >= 0.3 is 0 Å². The molecule has 0 radical (unpaired) electrons. The van der Waals surface area contributed by atoms with E-state index in [4.69, 9.17) is 16.9 Å². The third kappa shape index (κ3) is 3.62. The smallest absolute Gasteiger partial charge is 0.288 e. The molecule has 2 rings (SSSR count). The molecule has 0 aliphatic carbocycles. The van der Waals surface area contributed by atoms with Gasteiger partial charge in [0.05, 0.1) is 16.9 Å². The minimum atomic E-state index is -2.51. The van der Waals surface area contributed by atoms with Crippen LogP contribution in [0, 0.1) is 11.3 Å². The predicted molar refractivity (Wildman–Crippen MR) is 77.8 cm³/mol. The number of nitriles is 1. The molecular formula is C14H9ClF2N2S. The molecule has 0 aliphatic rings. The maximum atomic E-state index is 12.5. The van der Waals surface area contributed by atoms with Gasteiger partial charge in [-0.3, -0.25) is 0 Å². The lowest BCUT2D eigenvalue weighted by Gasteiger charge is -2.12. The van der Waals surface area contributed by atoms with Crippen LogP contribution in [0.1, 0.15) is 5.56 Å². The monoisotopic (exact) mass is 310 g/mol. The standard InChI is InChI=1S/C14H9ClF2N2S/c15-10-6-5-9(8-18)12(7-10)19-11-3-1-2-4-13(11)20-14(16)17/h1-7,14,19H. The highest BCUT2D eigenvalue weighted by molar-refractivity contribution is 7.99. The van der Waals surface area contributed by atoms with E-state index in [1.807, 2.05) is 6.07 Å². The van der Waals surface area contributed by atoms with Gasteiger partial charge in [-0.05, 0) is 30.3 Å². The van der Waals surface area contributed by atoms with E-state index in [1.165, 1.54) is 0 Å². The Hall–Kier alpha value is -1.77. The zero-order chi connectivity index (χ0) is 14.5. The van der Waals surface area contributed by atoms with Crippen LogP contribution >= 0.6 is 23.4 Å². The van der Waals surface area contributed by atoms with Crippen molar-refractivity contribution in [2.75, 3.05) is 5.32 Å². The molecule has 2 aromatic rings. The maximum Gasteiger partial charge on any atom is 0.288 e. The van der Waals surface area contributed by atoms with E-state index in [0.29, 0.717) is 38.6 Å². The van der Waals surface area contributed by atoms with E-state index in [2.05, 4.69) is 5.32 Å². The second-order valence-corrected chi connectivity index (χ2v) is 5.27. The molecule has 0 amide bonds. The molecular weight excluding hydrogens is 302 g/mol. The van der Waals surface area contributed by atoms with Crippen molar-refractivity contribution >= 4 is 34.7 Å². The first-order valence-electron chi connectivity index (χ1n) is 5.60. The fourth-order valence-electron chi connectivity index (χ4n) is 1.63. The van der Waals surface area contributed by atoms with Crippen molar-refractivity contribution in [3.63, 3.8) is 0 Å². The van der Waals surface area contributed by atoms with Crippen molar-refractivity contribution in [1.29, 1.82) is 5.26 Å². The van der Waals surface area contributed by atoms with Gasteiger partial charge in [-0.2, -0.15) is 14.0 Å². The van der Waals surface area contributed by atoms with Crippen molar-refractivity contribution in [3.8, 4) is 6.07 Å². The first kappa shape index (κ1) is 14.6. The van der Waals surface area contributed by atoms with Gasteiger partial charge in [-0.15, -0.1) is 0 Å². The molecule has 0 fully saturated rings. The maximum absolute atomic E-state index is 12.5. The number of nitrogens with one attached hydrogen (secondary N) is 1. The van der Waals surface area contributed by atoms with Crippen molar-refractivity contribution in [2.24, 2.45) is 0 Å². The SMILES string of the molecule is N#Cc1ccc(Cl)cc1Nc1ccccc1SC(F)F. The van der Waals surface area contributed by atoms with Crippen molar-refractivity contribution in [2.45, 2.75) is 10.7 Å². The number of benzene rings is 2. The van der Waals surface area contributed by atoms with Gasteiger partial charge in [0.15, 0.2) is 0 Å². The van der Waals surface area contributed by atoms with E-state index in [1.54, 1.807) is 42.5 Å². The van der Waals surface area contributed by atoms with Gasteiger partial charge in [0, 0.05) is 9.92 Å². The number of thioether (sulfide) groups is 1. The lowest BCUT2D eigenvalue weighted by Crippen LogP contribution is -1.96. The summed E-state index contributed by atoms with van der Waals surface area (Å²) < 4.78 is 25.0. The van der Waals surface area contributed by atoms with Crippen LogP contribution < -0.4 is 5.32 Å². The Labute approximate surface area is 124 Å². The Morgan fingerprint density at radius 1 is 1.15 bits per heavy atom. The van der Waals surface area contributed by atoms with Crippen LogP contribution in [-0.4, -0.2) is 5.76 Å². The summed E-state index contributed by atoms with van der Waals surface area (Å²) >= 11 is 6.34. The highest BCUT2D eigenvalue weighted by Gasteiger charge is 2.11. The molecule has 2 nitrogen and oxygen atoms in total. The van der Waals surface area contributed by atoms with Crippen LogP contribution in [0.5, 0.6) is 0 Å². The first-order chi connectivity index (χ1) is 9.60. The number of rotatable bonds is 4. The van der Waals surface area contributed by atoms with Gasteiger partial charge in [0.25, 0.3) is 5.76 Å². The number of nitrogens with zero attached hydrogens (tertiary/aromatic N) is 1. The summed E-state index contributed by atoms with van der Waals surface area (Å²) in [5, 5.41) is 12.5. The summed E-state index contributed by atoms with van der Waals surface area (Å²) in [6.07, 6.45) is 0. The Morgan fingerprint density at radius 2 is 1.90 bits per heavy atom. The Morgan fingerprint density at radius 3 is 2.60 bits per heavy atom. The molecule has 0 saturated heterocycles. The van der Waals surface area contributed by atoms with Gasteiger partial charge in [-0.1, -0.05) is 35.5 Å². The molecule has 2 aromatic carbocycles. The van der Waals surface area contributed by atoms with Crippen LogP contribution in [0.3, 0.4) is 0 Å². The topological polar surface area (TPSA) is 35.8 Å². The third-order valence-electron chi connectivity index (χ3n) is 2.47. The number of alkyl halides is 2. The third-order valence-corrected chi connectivity index (χ3v) is 3.50. The molecule has 0 heterocycles. The van der Waals surface area contributed by atoms with Gasteiger partial charge in [0.1, 0.15) is 6.07 Å². The van der Waals surface area contributed by atoms with E-state index in [9.17, 15) is 8.78 Å². The summed E-state index contributed by atoms with van der Waals surface area (Å²) in [7, 11) is 0. The minimum absolute atomic E-state index is 0.395. The molecule has 0 aromatic heterocycles.